The molecule has 41 heavy (non-hydrogen) atoms. The van der Waals surface area contributed by atoms with Crippen LogP contribution in [0.5, 0.6) is 0 Å². The molecule has 2 heterocycles. The number of carbonyl (C=O) groups excluding carboxylic acids is 2. The van der Waals surface area contributed by atoms with Crippen molar-refractivity contribution in [1.82, 2.24) is 15.0 Å². The SMILES string of the molecule is CCN(CC)c1cc2oc(=O)c(-n3cc(-c4ccc(NC(C)=O)cc4)nn3)cc2cc1-c1ccc(NC(C)=O)cc1. The smallest absolute Gasteiger partial charge is 0.362 e. The third kappa shape index (κ3) is 5.86. The average Bonchev–Trinajstić information content (AvgIpc) is 3.43. The largest absolute Gasteiger partial charge is 0.421 e. The van der Waals surface area contributed by atoms with Crippen LogP contribution in [0, 0.1) is 0 Å². The Hall–Kier alpha value is -5.25. The monoisotopic (exact) mass is 550 g/mol. The zero-order valence-electron chi connectivity index (χ0n) is 23.3. The van der Waals surface area contributed by atoms with E-state index in [1.807, 2.05) is 48.5 Å². The van der Waals surface area contributed by atoms with Crippen molar-refractivity contribution in [3.63, 3.8) is 0 Å². The van der Waals surface area contributed by atoms with Gasteiger partial charge in [0.05, 0.1) is 6.20 Å². The van der Waals surface area contributed by atoms with Crippen molar-refractivity contribution in [2.75, 3.05) is 28.6 Å². The highest BCUT2D eigenvalue weighted by Gasteiger charge is 2.17. The van der Waals surface area contributed by atoms with Gasteiger partial charge in [-0.25, -0.2) is 9.48 Å². The molecule has 5 rings (SSSR count). The lowest BCUT2D eigenvalue weighted by Gasteiger charge is -2.25. The first-order valence-corrected chi connectivity index (χ1v) is 13.3. The van der Waals surface area contributed by atoms with Crippen molar-refractivity contribution in [3.8, 4) is 28.1 Å². The third-order valence-electron chi connectivity index (χ3n) is 6.69. The molecule has 0 fully saturated rings. The van der Waals surface area contributed by atoms with E-state index in [9.17, 15) is 14.4 Å². The number of nitrogens with one attached hydrogen (secondary N) is 2. The Morgan fingerprint density at radius 1 is 0.854 bits per heavy atom. The van der Waals surface area contributed by atoms with E-state index in [1.165, 1.54) is 18.5 Å². The van der Waals surface area contributed by atoms with Gasteiger partial charge in [-0.05, 0) is 55.8 Å². The van der Waals surface area contributed by atoms with Crippen LogP contribution < -0.4 is 21.2 Å². The highest BCUT2D eigenvalue weighted by Crippen LogP contribution is 2.36. The number of aromatic nitrogens is 3. The fourth-order valence-electron chi connectivity index (χ4n) is 4.74. The molecule has 0 aliphatic carbocycles. The molecule has 0 saturated carbocycles. The molecule has 208 valence electrons. The van der Waals surface area contributed by atoms with E-state index < -0.39 is 5.63 Å². The molecule has 0 radical (unpaired) electrons. The Labute approximate surface area is 236 Å². The van der Waals surface area contributed by atoms with Crippen molar-refractivity contribution >= 4 is 39.8 Å². The summed E-state index contributed by atoms with van der Waals surface area (Å²) in [7, 11) is 0. The molecule has 0 saturated heterocycles. The standard InChI is InChI=1S/C31H30N6O4/c1-5-36(6-2)28-17-30-23(15-26(28)21-7-11-24(12-8-21)32-19(3)38)16-29(31(40)41-30)37-18-27(34-35-37)22-9-13-25(14-10-22)33-20(4)39/h7-18H,5-6H2,1-4H3,(H,32,38)(H,33,39). The summed E-state index contributed by atoms with van der Waals surface area (Å²) in [5.74, 6) is -0.283. The van der Waals surface area contributed by atoms with Crippen molar-refractivity contribution in [1.29, 1.82) is 0 Å². The molecule has 5 aromatic rings. The molecule has 0 bridgehead atoms. The molecule has 2 N–H and O–H groups in total. The first-order chi connectivity index (χ1) is 19.7. The van der Waals surface area contributed by atoms with Gasteiger partial charge in [0.15, 0.2) is 5.69 Å². The minimum absolute atomic E-state index is 0.131. The van der Waals surface area contributed by atoms with Crippen LogP contribution in [0.1, 0.15) is 27.7 Å². The first-order valence-electron chi connectivity index (χ1n) is 13.3. The van der Waals surface area contributed by atoms with E-state index in [-0.39, 0.29) is 17.5 Å². The van der Waals surface area contributed by atoms with Crippen LogP contribution in [0.15, 0.2) is 82.1 Å². The normalized spacial score (nSPS) is 10.9. The van der Waals surface area contributed by atoms with Gasteiger partial charge in [-0.2, -0.15) is 0 Å². The minimum atomic E-state index is -0.534. The number of hydrogen-bond acceptors (Lipinski definition) is 7. The van der Waals surface area contributed by atoms with E-state index in [4.69, 9.17) is 4.42 Å². The third-order valence-corrected chi connectivity index (χ3v) is 6.69. The van der Waals surface area contributed by atoms with Gasteiger partial charge in [0.2, 0.25) is 11.8 Å². The molecule has 2 aromatic heterocycles. The molecule has 0 unspecified atom stereocenters. The van der Waals surface area contributed by atoms with Gasteiger partial charge in [0.25, 0.3) is 0 Å². The van der Waals surface area contributed by atoms with Crippen LogP contribution in [-0.4, -0.2) is 39.9 Å². The molecule has 10 nitrogen and oxygen atoms in total. The van der Waals surface area contributed by atoms with Crippen molar-refractivity contribution in [2.45, 2.75) is 27.7 Å². The molecular formula is C31H30N6O4. The maximum absolute atomic E-state index is 13.1. The topological polar surface area (TPSA) is 122 Å². The number of fused-ring (bicyclic) bond motifs is 1. The van der Waals surface area contributed by atoms with Crippen LogP contribution >= 0.6 is 0 Å². The zero-order valence-corrected chi connectivity index (χ0v) is 23.3. The molecule has 3 aromatic carbocycles. The van der Waals surface area contributed by atoms with Crippen LogP contribution in [0.3, 0.4) is 0 Å². The highest BCUT2D eigenvalue weighted by atomic mass is 16.4. The van der Waals surface area contributed by atoms with Gasteiger partial charge in [-0.1, -0.05) is 29.5 Å². The minimum Gasteiger partial charge on any atom is -0.421 e. The van der Waals surface area contributed by atoms with Crippen molar-refractivity contribution in [3.05, 3.63) is 83.3 Å². The van der Waals surface area contributed by atoms with Gasteiger partial charge >= 0.3 is 5.63 Å². The summed E-state index contributed by atoms with van der Waals surface area (Å²) in [5, 5.41) is 14.7. The summed E-state index contributed by atoms with van der Waals surface area (Å²) in [6, 6.07) is 20.5. The van der Waals surface area contributed by atoms with E-state index in [0.29, 0.717) is 22.7 Å². The average molecular weight is 551 g/mol. The number of nitrogens with zero attached hydrogens (tertiary/aromatic N) is 4. The molecular weight excluding hydrogens is 520 g/mol. The lowest BCUT2D eigenvalue weighted by Crippen LogP contribution is -2.22. The summed E-state index contributed by atoms with van der Waals surface area (Å²) < 4.78 is 7.20. The van der Waals surface area contributed by atoms with Gasteiger partial charge in [0, 0.05) is 66.6 Å². The molecule has 0 atom stereocenters. The predicted octanol–water partition coefficient (Wildman–Crippen LogP) is 5.47. The van der Waals surface area contributed by atoms with Gasteiger partial charge in [0.1, 0.15) is 11.3 Å². The zero-order chi connectivity index (χ0) is 29.1. The number of benzene rings is 3. The first kappa shape index (κ1) is 27.3. The fraction of sp³-hybridized carbons (Fsp3) is 0.194. The lowest BCUT2D eigenvalue weighted by atomic mass is 10.00. The highest BCUT2D eigenvalue weighted by molar-refractivity contribution is 5.94. The van der Waals surface area contributed by atoms with Crippen LogP contribution in [0.4, 0.5) is 17.1 Å². The Morgan fingerprint density at radius 3 is 2.00 bits per heavy atom. The van der Waals surface area contributed by atoms with Gasteiger partial charge in [-0.15, -0.1) is 5.10 Å². The van der Waals surface area contributed by atoms with Crippen LogP contribution in [-0.2, 0) is 9.59 Å². The number of anilines is 3. The van der Waals surface area contributed by atoms with E-state index in [0.717, 1.165) is 40.9 Å². The Bertz CT molecular complexity index is 1780. The maximum Gasteiger partial charge on any atom is 0.362 e. The molecule has 2 amide bonds. The molecule has 0 aliphatic heterocycles. The van der Waals surface area contributed by atoms with Crippen LogP contribution in [0.25, 0.3) is 39.0 Å². The summed E-state index contributed by atoms with van der Waals surface area (Å²) in [6.07, 6.45) is 1.66. The number of rotatable bonds is 8. The lowest BCUT2D eigenvalue weighted by molar-refractivity contribution is -0.115. The Morgan fingerprint density at radius 2 is 1.44 bits per heavy atom. The second-order valence-electron chi connectivity index (χ2n) is 9.56. The second kappa shape index (κ2) is 11.5. The van der Waals surface area contributed by atoms with E-state index >= 15 is 0 Å². The van der Waals surface area contributed by atoms with Crippen LogP contribution in [0.2, 0.25) is 0 Å². The summed E-state index contributed by atoms with van der Waals surface area (Å²) >= 11 is 0. The number of amides is 2. The molecule has 10 heteroatoms. The molecule has 0 aliphatic rings. The summed E-state index contributed by atoms with van der Waals surface area (Å²) in [4.78, 5) is 38.0. The second-order valence-corrected chi connectivity index (χ2v) is 9.56. The summed E-state index contributed by atoms with van der Waals surface area (Å²) in [6.45, 7) is 8.62. The predicted molar refractivity (Wildman–Crippen MR) is 160 cm³/mol. The maximum atomic E-state index is 13.1. The Kier molecular flexibility index (Phi) is 7.64. The van der Waals surface area contributed by atoms with Crippen molar-refractivity contribution in [2.24, 2.45) is 0 Å². The quantitative estimate of drug-likeness (QED) is 0.246. The number of carbonyl (C=O) groups is 2. The fourth-order valence-corrected chi connectivity index (χ4v) is 4.74. The Balaban J connectivity index is 1.56. The number of hydrogen-bond donors (Lipinski definition) is 2. The molecule has 0 spiro atoms. The van der Waals surface area contributed by atoms with Gasteiger partial charge < -0.3 is 20.0 Å². The van der Waals surface area contributed by atoms with Crippen molar-refractivity contribution < 1.29 is 14.0 Å². The summed E-state index contributed by atoms with van der Waals surface area (Å²) in [5.41, 5.74) is 5.77. The van der Waals surface area contributed by atoms with E-state index in [1.54, 1.807) is 24.4 Å². The van der Waals surface area contributed by atoms with E-state index in [2.05, 4.69) is 39.7 Å². The van der Waals surface area contributed by atoms with Gasteiger partial charge in [-0.3, -0.25) is 9.59 Å².